The number of esters is 1. The minimum Gasteiger partial charge on any atom is -0.463 e. The molecule has 3 N–H and O–H groups in total. The molecule has 0 aromatic rings. The van der Waals surface area contributed by atoms with E-state index in [0.717, 1.165) is 44.9 Å². The summed E-state index contributed by atoms with van der Waals surface area (Å²) in [4.78, 5) is 11.3. The van der Waals surface area contributed by atoms with Crippen LogP contribution in [0, 0.1) is 0 Å². The van der Waals surface area contributed by atoms with E-state index < -0.39 is 6.10 Å². The average molecular weight is 344 g/mol. The van der Waals surface area contributed by atoms with E-state index in [-0.39, 0.29) is 19.2 Å². The molecule has 0 fully saturated rings. The molecule has 0 saturated carbocycles. The first-order valence-corrected chi connectivity index (χ1v) is 9.41. The molecule has 0 heterocycles. The summed E-state index contributed by atoms with van der Waals surface area (Å²) in [5, 5.41) is 26.3. The van der Waals surface area contributed by atoms with Gasteiger partial charge in [0.25, 0.3) is 0 Å². The fourth-order valence-electron chi connectivity index (χ4n) is 2.34. The van der Waals surface area contributed by atoms with Gasteiger partial charge in [-0.1, -0.05) is 44.3 Å². The first-order valence-electron chi connectivity index (χ1n) is 9.41. The zero-order valence-electron chi connectivity index (χ0n) is 15.0. The van der Waals surface area contributed by atoms with Crippen molar-refractivity contribution in [3.8, 4) is 0 Å². The number of rotatable bonds is 17. The van der Waals surface area contributed by atoms with Crippen molar-refractivity contribution in [2.75, 3.05) is 19.8 Å². The van der Waals surface area contributed by atoms with Crippen molar-refractivity contribution in [1.82, 2.24) is 0 Å². The second-order valence-electron chi connectivity index (χ2n) is 6.22. The lowest BCUT2D eigenvalue weighted by Crippen LogP contribution is -2.21. The van der Waals surface area contributed by atoms with E-state index in [4.69, 9.17) is 20.1 Å². The minimum atomic E-state index is -0.969. The van der Waals surface area contributed by atoms with Crippen molar-refractivity contribution in [3.63, 3.8) is 0 Å². The van der Waals surface area contributed by atoms with E-state index in [0.29, 0.717) is 13.0 Å². The molecule has 5 nitrogen and oxygen atoms in total. The van der Waals surface area contributed by atoms with Gasteiger partial charge in [0.15, 0.2) is 0 Å². The number of hydrogen-bond donors (Lipinski definition) is 3. The second kappa shape index (κ2) is 18.4. The molecule has 0 aliphatic carbocycles. The highest BCUT2D eigenvalue weighted by Gasteiger charge is 2.07. The highest BCUT2D eigenvalue weighted by atomic mass is 16.5. The Labute approximate surface area is 146 Å². The summed E-state index contributed by atoms with van der Waals surface area (Å²) in [6.45, 7) is -0.200. The lowest BCUT2D eigenvalue weighted by Gasteiger charge is -2.08. The van der Waals surface area contributed by atoms with Crippen LogP contribution in [0.1, 0.15) is 77.0 Å². The zero-order chi connectivity index (χ0) is 17.9. The molecule has 0 aliphatic heterocycles. The van der Waals surface area contributed by atoms with Gasteiger partial charge in [-0.25, -0.2) is 0 Å². The fraction of sp³-hybridized carbons (Fsp3) is 0.842. The summed E-state index contributed by atoms with van der Waals surface area (Å²) in [7, 11) is 0. The molecule has 0 amide bonds. The van der Waals surface area contributed by atoms with Crippen molar-refractivity contribution in [2.45, 2.75) is 83.2 Å². The first-order chi connectivity index (χ1) is 11.7. The maximum Gasteiger partial charge on any atom is 0.305 e. The SMILES string of the molecule is O=C(CCCCCCCC/C=C\CCCCCO)OCC(O)CO. The van der Waals surface area contributed by atoms with Gasteiger partial charge in [-0.2, -0.15) is 0 Å². The lowest BCUT2D eigenvalue weighted by molar-refractivity contribution is -0.147. The molecule has 0 spiro atoms. The van der Waals surface area contributed by atoms with E-state index in [1.54, 1.807) is 0 Å². The Morgan fingerprint density at radius 2 is 1.38 bits per heavy atom. The number of allylic oxidation sites excluding steroid dienone is 2. The third-order valence-electron chi connectivity index (χ3n) is 3.84. The number of carbonyl (C=O) groups is 1. The van der Waals surface area contributed by atoms with Crippen LogP contribution in [-0.2, 0) is 9.53 Å². The van der Waals surface area contributed by atoms with Crippen LogP contribution in [0.3, 0.4) is 0 Å². The normalized spacial score (nSPS) is 12.6. The topological polar surface area (TPSA) is 87.0 Å². The largest absolute Gasteiger partial charge is 0.463 e. The van der Waals surface area contributed by atoms with Gasteiger partial charge in [0.1, 0.15) is 12.7 Å². The van der Waals surface area contributed by atoms with Gasteiger partial charge >= 0.3 is 5.97 Å². The van der Waals surface area contributed by atoms with E-state index in [1.807, 2.05) is 0 Å². The number of unbranched alkanes of at least 4 members (excludes halogenated alkanes) is 9. The number of hydrogen-bond acceptors (Lipinski definition) is 5. The summed E-state index contributed by atoms with van der Waals surface area (Å²) < 4.78 is 4.84. The van der Waals surface area contributed by atoms with E-state index in [9.17, 15) is 4.79 Å². The predicted molar refractivity (Wildman–Crippen MR) is 95.7 cm³/mol. The van der Waals surface area contributed by atoms with Crippen molar-refractivity contribution < 1.29 is 24.9 Å². The van der Waals surface area contributed by atoms with E-state index in [2.05, 4.69) is 12.2 Å². The van der Waals surface area contributed by atoms with Crippen LogP contribution in [-0.4, -0.2) is 47.2 Å². The highest BCUT2D eigenvalue weighted by molar-refractivity contribution is 5.69. The summed E-state index contributed by atoms with van der Waals surface area (Å²) in [5.41, 5.74) is 0. The molecule has 0 aromatic heterocycles. The molecule has 0 bridgehead atoms. The van der Waals surface area contributed by atoms with Gasteiger partial charge in [0.05, 0.1) is 6.61 Å². The van der Waals surface area contributed by atoms with Gasteiger partial charge in [-0.05, 0) is 38.5 Å². The van der Waals surface area contributed by atoms with E-state index >= 15 is 0 Å². The molecule has 0 aliphatic rings. The van der Waals surface area contributed by atoms with Gasteiger partial charge < -0.3 is 20.1 Å². The van der Waals surface area contributed by atoms with Crippen LogP contribution in [0.5, 0.6) is 0 Å². The molecule has 1 atom stereocenters. The summed E-state index contributed by atoms with van der Waals surface area (Å²) in [5.74, 6) is -0.299. The Hall–Kier alpha value is -0.910. The minimum absolute atomic E-state index is 0.121. The molecule has 0 saturated heterocycles. The van der Waals surface area contributed by atoms with Crippen molar-refractivity contribution >= 4 is 5.97 Å². The smallest absolute Gasteiger partial charge is 0.305 e. The third kappa shape index (κ3) is 17.4. The van der Waals surface area contributed by atoms with Crippen LogP contribution < -0.4 is 0 Å². The molecule has 0 rings (SSSR count). The van der Waals surface area contributed by atoms with Crippen molar-refractivity contribution in [1.29, 1.82) is 0 Å². The summed E-state index contributed by atoms with van der Waals surface area (Å²) in [6, 6.07) is 0. The Balaban J connectivity index is 3.22. The molecule has 142 valence electrons. The summed E-state index contributed by atoms with van der Waals surface area (Å²) >= 11 is 0. The predicted octanol–water partition coefficient (Wildman–Crippen LogP) is 3.11. The zero-order valence-corrected chi connectivity index (χ0v) is 15.0. The van der Waals surface area contributed by atoms with E-state index in [1.165, 1.54) is 25.7 Å². The molecule has 0 radical (unpaired) electrons. The van der Waals surface area contributed by atoms with Crippen LogP contribution >= 0.6 is 0 Å². The van der Waals surface area contributed by atoms with Gasteiger partial charge in [-0.3, -0.25) is 4.79 Å². The molecular formula is C19H36O5. The van der Waals surface area contributed by atoms with Crippen molar-refractivity contribution in [2.24, 2.45) is 0 Å². The molecule has 24 heavy (non-hydrogen) atoms. The van der Waals surface area contributed by atoms with Crippen LogP contribution in [0.15, 0.2) is 12.2 Å². The quantitative estimate of drug-likeness (QED) is 0.214. The summed E-state index contributed by atoms with van der Waals surface area (Å²) in [6.07, 6.45) is 16.0. The molecule has 5 heteroatoms. The molecule has 0 aromatic carbocycles. The number of carbonyl (C=O) groups excluding carboxylic acids is 1. The van der Waals surface area contributed by atoms with Crippen molar-refractivity contribution in [3.05, 3.63) is 12.2 Å². The van der Waals surface area contributed by atoms with Gasteiger partial charge in [0, 0.05) is 13.0 Å². The van der Waals surface area contributed by atoms with Crippen LogP contribution in [0.4, 0.5) is 0 Å². The Morgan fingerprint density at radius 1 is 0.833 bits per heavy atom. The number of aliphatic hydroxyl groups is 3. The van der Waals surface area contributed by atoms with Crippen LogP contribution in [0.2, 0.25) is 0 Å². The maximum atomic E-state index is 11.3. The first kappa shape index (κ1) is 23.1. The Morgan fingerprint density at radius 3 is 1.96 bits per heavy atom. The maximum absolute atomic E-state index is 11.3. The second-order valence-corrected chi connectivity index (χ2v) is 6.22. The Kier molecular flexibility index (Phi) is 17.7. The fourth-order valence-corrected chi connectivity index (χ4v) is 2.34. The van der Waals surface area contributed by atoms with Gasteiger partial charge in [0.2, 0.25) is 0 Å². The highest BCUT2D eigenvalue weighted by Crippen LogP contribution is 2.10. The van der Waals surface area contributed by atoms with Crippen LogP contribution in [0.25, 0.3) is 0 Å². The molecule has 1 unspecified atom stereocenters. The Bertz CT molecular complexity index is 304. The molecular weight excluding hydrogens is 308 g/mol. The lowest BCUT2D eigenvalue weighted by atomic mass is 10.1. The average Bonchev–Trinajstić information content (AvgIpc) is 2.59. The monoisotopic (exact) mass is 344 g/mol. The van der Waals surface area contributed by atoms with Gasteiger partial charge in [-0.15, -0.1) is 0 Å². The number of ether oxygens (including phenoxy) is 1. The number of aliphatic hydroxyl groups excluding tert-OH is 3. The third-order valence-corrected chi connectivity index (χ3v) is 3.84. The standard InChI is InChI=1S/C19H36O5/c20-15-13-11-9-7-5-3-1-2-4-6-8-10-12-14-19(23)24-17-18(22)16-21/h3,5,18,20-22H,1-2,4,6-17H2/b5-3-.